The molecule has 1 heterocycles. The maximum Gasteiger partial charge on any atom is 0.293 e. The van der Waals surface area contributed by atoms with Gasteiger partial charge >= 0.3 is 0 Å². The van der Waals surface area contributed by atoms with E-state index in [9.17, 15) is 9.59 Å². The van der Waals surface area contributed by atoms with E-state index in [1.54, 1.807) is 6.92 Å². The number of rotatable bonds is 9. The molecule has 0 N–H and O–H groups in total. The zero-order chi connectivity index (χ0) is 20.2. The Labute approximate surface area is 178 Å². The van der Waals surface area contributed by atoms with Crippen LogP contribution in [0.2, 0.25) is 0 Å². The van der Waals surface area contributed by atoms with Crippen LogP contribution in [-0.4, -0.2) is 50.6 Å². The zero-order valence-electron chi connectivity index (χ0n) is 16.4. The Kier molecular flexibility index (Phi) is 11.8. The molecule has 0 spiro atoms. The Morgan fingerprint density at radius 1 is 1.30 bits per heavy atom. The number of amides is 1. The molecule has 8 heteroatoms. The SMILES string of the molecule is CCCCN1C(=O)C(OSI)CC1c1ccc(N(C)C)cc1.CCOC=O. The van der Waals surface area contributed by atoms with Gasteiger partial charge in [0, 0.05) is 54.0 Å². The van der Waals surface area contributed by atoms with Crippen molar-refractivity contribution >= 4 is 48.5 Å². The number of likely N-dealkylation sites (tertiary alicyclic amines) is 1. The molecule has 1 saturated heterocycles. The fourth-order valence-electron chi connectivity index (χ4n) is 2.87. The highest BCUT2D eigenvalue weighted by molar-refractivity contribution is 14.2. The minimum atomic E-state index is -0.322. The van der Waals surface area contributed by atoms with E-state index in [1.165, 1.54) is 20.5 Å². The highest BCUT2D eigenvalue weighted by atomic mass is 127. The first-order chi connectivity index (χ1) is 13.0. The van der Waals surface area contributed by atoms with Gasteiger partial charge in [0.05, 0.1) is 21.9 Å². The molecule has 0 saturated carbocycles. The van der Waals surface area contributed by atoms with Crippen LogP contribution < -0.4 is 4.90 Å². The van der Waals surface area contributed by atoms with Crippen LogP contribution in [0.15, 0.2) is 24.3 Å². The maximum atomic E-state index is 12.5. The summed E-state index contributed by atoms with van der Waals surface area (Å²) in [7, 11) is 5.31. The molecule has 1 amide bonds. The van der Waals surface area contributed by atoms with E-state index in [2.05, 4.69) is 62.0 Å². The molecule has 0 aromatic heterocycles. The van der Waals surface area contributed by atoms with Crippen molar-refractivity contribution in [1.82, 2.24) is 4.90 Å². The van der Waals surface area contributed by atoms with E-state index in [4.69, 9.17) is 4.18 Å². The van der Waals surface area contributed by atoms with Crippen molar-refractivity contribution < 1.29 is 18.5 Å². The number of carbonyl (C=O) groups is 2. The van der Waals surface area contributed by atoms with Gasteiger partial charge in [-0.1, -0.05) is 25.5 Å². The lowest BCUT2D eigenvalue weighted by molar-refractivity contribution is -0.134. The summed E-state index contributed by atoms with van der Waals surface area (Å²) in [6.45, 7) is 5.62. The summed E-state index contributed by atoms with van der Waals surface area (Å²) < 4.78 is 9.70. The van der Waals surface area contributed by atoms with Gasteiger partial charge in [0.2, 0.25) is 0 Å². The predicted molar refractivity (Wildman–Crippen MR) is 119 cm³/mol. The zero-order valence-corrected chi connectivity index (χ0v) is 19.4. The van der Waals surface area contributed by atoms with Crippen molar-refractivity contribution in [3.63, 3.8) is 0 Å². The Morgan fingerprint density at radius 3 is 2.41 bits per heavy atom. The Bertz CT molecular complexity index is 571. The summed E-state index contributed by atoms with van der Waals surface area (Å²) in [5.41, 5.74) is 2.36. The van der Waals surface area contributed by atoms with Gasteiger partial charge in [-0.25, -0.2) is 0 Å². The summed E-state index contributed by atoms with van der Waals surface area (Å²) in [6, 6.07) is 8.61. The fourth-order valence-corrected chi connectivity index (χ4v) is 3.87. The molecule has 1 aromatic carbocycles. The van der Waals surface area contributed by atoms with Crippen molar-refractivity contribution in [3.05, 3.63) is 29.8 Å². The number of nitrogens with zero attached hydrogens (tertiary/aromatic N) is 2. The quantitative estimate of drug-likeness (QED) is 0.280. The third-order valence-corrected chi connectivity index (χ3v) is 5.23. The number of hydrogen-bond donors (Lipinski definition) is 0. The lowest BCUT2D eigenvalue weighted by atomic mass is 10.0. The van der Waals surface area contributed by atoms with E-state index < -0.39 is 0 Å². The largest absolute Gasteiger partial charge is 0.468 e. The van der Waals surface area contributed by atoms with Crippen molar-refractivity contribution in [3.8, 4) is 0 Å². The molecule has 2 unspecified atom stereocenters. The molecule has 6 nitrogen and oxygen atoms in total. The summed E-state index contributed by atoms with van der Waals surface area (Å²) in [5, 5.41) is 0. The summed E-state index contributed by atoms with van der Waals surface area (Å²) in [6.07, 6.45) is 2.53. The van der Waals surface area contributed by atoms with Gasteiger partial charge < -0.3 is 14.5 Å². The van der Waals surface area contributed by atoms with E-state index in [1.807, 2.05) is 19.0 Å². The Hall–Kier alpha value is -1.00. The normalized spacial score (nSPS) is 18.7. The first-order valence-electron chi connectivity index (χ1n) is 9.07. The molecule has 0 bridgehead atoms. The molecular formula is C19H29IN2O4S. The van der Waals surface area contributed by atoms with Crippen molar-refractivity contribution in [1.29, 1.82) is 0 Å². The lowest BCUT2D eigenvalue weighted by Gasteiger charge is -2.25. The number of ether oxygens (including phenoxy) is 1. The fraction of sp³-hybridized carbons (Fsp3) is 0.579. The number of unbranched alkanes of at least 4 members (excludes halogenated alkanes) is 1. The molecule has 1 aromatic rings. The minimum Gasteiger partial charge on any atom is -0.468 e. The van der Waals surface area contributed by atoms with E-state index in [-0.39, 0.29) is 18.1 Å². The van der Waals surface area contributed by atoms with Gasteiger partial charge in [-0.3, -0.25) is 13.8 Å². The highest BCUT2D eigenvalue weighted by Gasteiger charge is 2.40. The van der Waals surface area contributed by atoms with E-state index in [0.717, 1.165) is 25.8 Å². The monoisotopic (exact) mass is 508 g/mol. The predicted octanol–water partition coefficient (Wildman–Crippen LogP) is 4.39. The van der Waals surface area contributed by atoms with Gasteiger partial charge in [0.15, 0.2) is 6.10 Å². The summed E-state index contributed by atoms with van der Waals surface area (Å²) in [4.78, 5) is 25.8. The van der Waals surface area contributed by atoms with Gasteiger partial charge in [0.1, 0.15) is 0 Å². The standard InChI is InChI=1S/C16H23IN2O2S.C3H6O2/c1-4-5-10-19-14(11-15(16(19)20)21-22-17)12-6-8-13(9-7-12)18(2)3;1-2-5-3-4/h6-9,14-15H,4-5,10-11H2,1-3H3;3H,2H2,1H3. The van der Waals surface area contributed by atoms with Gasteiger partial charge in [-0.05, 0) is 31.0 Å². The van der Waals surface area contributed by atoms with Crippen LogP contribution in [0.25, 0.3) is 0 Å². The Morgan fingerprint density at radius 2 is 1.96 bits per heavy atom. The van der Waals surface area contributed by atoms with Crippen LogP contribution in [0.3, 0.4) is 0 Å². The maximum absolute atomic E-state index is 12.5. The van der Waals surface area contributed by atoms with Crippen LogP contribution in [-0.2, 0) is 18.5 Å². The van der Waals surface area contributed by atoms with Crippen LogP contribution in [0, 0.1) is 0 Å². The summed E-state index contributed by atoms with van der Waals surface area (Å²) in [5.74, 6) is 0.124. The second kappa shape index (κ2) is 13.2. The smallest absolute Gasteiger partial charge is 0.293 e. The van der Waals surface area contributed by atoms with Gasteiger partial charge in [0.25, 0.3) is 12.4 Å². The molecule has 1 fully saturated rings. The highest BCUT2D eigenvalue weighted by Crippen LogP contribution is 2.37. The van der Waals surface area contributed by atoms with Gasteiger partial charge in [-0.15, -0.1) is 0 Å². The number of benzene rings is 1. The molecule has 1 aliphatic heterocycles. The van der Waals surface area contributed by atoms with Crippen LogP contribution in [0.1, 0.15) is 44.7 Å². The van der Waals surface area contributed by atoms with Crippen LogP contribution in [0.4, 0.5) is 5.69 Å². The number of carbonyl (C=O) groups excluding carboxylic acids is 2. The van der Waals surface area contributed by atoms with Crippen molar-refractivity contribution in [2.45, 2.75) is 45.3 Å². The summed E-state index contributed by atoms with van der Waals surface area (Å²) >= 11 is 2.07. The molecule has 1 aliphatic rings. The van der Waals surface area contributed by atoms with Gasteiger partial charge in [-0.2, -0.15) is 0 Å². The molecule has 2 atom stereocenters. The van der Waals surface area contributed by atoms with Crippen LogP contribution in [0.5, 0.6) is 0 Å². The second-order valence-electron chi connectivity index (χ2n) is 6.32. The minimum absolute atomic E-state index is 0.124. The molecule has 27 heavy (non-hydrogen) atoms. The van der Waals surface area contributed by atoms with E-state index in [0.29, 0.717) is 13.1 Å². The third kappa shape index (κ3) is 7.50. The molecule has 152 valence electrons. The van der Waals surface area contributed by atoms with Crippen LogP contribution >= 0.6 is 30.4 Å². The second-order valence-corrected chi connectivity index (χ2v) is 7.72. The average molecular weight is 508 g/mol. The Balaban J connectivity index is 0.000000646. The first kappa shape index (κ1) is 24.0. The molecule has 0 aliphatic carbocycles. The van der Waals surface area contributed by atoms with Crippen molar-refractivity contribution in [2.24, 2.45) is 0 Å². The molecule has 0 radical (unpaired) electrons. The topological polar surface area (TPSA) is 59.1 Å². The first-order valence-corrected chi connectivity index (χ1v) is 12.4. The average Bonchev–Trinajstić information content (AvgIpc) is 2.97. The molecule has 2 rings (SSSR count). The van der Waals surface area contributed by atoms with E-state index >= 15 is 0 Å². The number of anilines is 1. The van der Waals surface area contributed by atoms with Crippen molar-refractivity contribution in [2.75, 3.05) is 32.1 Å². The number of hydrogen-bond acceptors (Lipinski definition) is 6. The third-order valence-electron chi connectivity index (χ3n) is 4.31. The number of halogens is 1. The lowest BCUT2D eigenvalue weighted by Crippen LogP contribution is -2.32. The molecular weight excluding hydrogens is 479 g/mol.